The molecule has 0 aliphatic rings. The fraction of sp³-hybridized carbons (Fsp3) is 0.0769. The largest absolute Gasteiger partial charge is 0.348 e. The molecule has 7 nitrogen and oxygen atoms in total. The van der Waals surface area contributed by atoms with Gasteiger partial charge in [-0.2, -0.15) is 0 Å². The maximum Gasteiger partial charge on any atom is 0.251 e. The topological polar surface area (TPSA) is 122 Å². The molecule has 0 bridgehead atoms. The summed E-state index contributed by atoms with van der Waals surface area (Å²) in [4.78, 5) is 25.3. The Morgan fingerprint density at radius 1 is 1.24 bits per heavy atom. The number of amides is 1. The summed E-state index contributed by atoms with van der Waals surface area (Å²) in [7, 11) is -3.78. The first kappa shape index (κ1) is 14.9. The van der Waals surface area contributed by atoms with E-state index in [9.17, 15) is 18.0 Å². The number of hydrogen-bond donors (Lipinski definition) is 3. The number of aromatic amines is 1. The van der Waals surface area contributed by atoms with Gasteiger partial charge in [-0.15, -0.1) is 0 Å². The highest BCUT2D eigenvalue weighted by Crippen LogP contribution is 2.09. The van der Waals surface area contributed by atoms with Gasteiger partial charge >= 0.3 is 0 Å². The molecule has 0 saturated carbocycles. The smallest absolute Gasteiger partial charge is 0.251 e. The number of carbonyl (C=O) groups excluding carboxylic acids is 1. The number of nitrogens with one attached hydrogen (secondary N) is 2. The first-order chi connectivity index (χ1) is 9.86. The summed E-state index contributed by atoms with van der Waals surface area (Å²) >= 11 is 0. The van der Waals surface area contributed by atoms with Crippen LogP contribution in [0.5, 0.6) is 0 Å². The Balaban J connectivity index is 2.10. The Hall–Kier alpha value is -2.45. The highest BCUT2D eigenvalue weighted by molar-refractivity contribution is 7.89. The van der Waals surface area contributed by atoms with Crippen LogP contribution in [0, 0.1) is 0 Å². The van der Waals surface area contributed by atoms with Crippen LogP contribution in [0.4, 0.5) is 0 Å². The lowest BCUT2D eigenvalue weighted by molar-refractivity contribution is 0.0950. The molecule has 110 valence electrons. The average molecular weight is 307 g/mol. The Labute approximate surface area is 120 Å². The molecule has 0 saturated heterocycles. The number of pyridine rings is 1. The summed E-state index contributed by atoms with van der Waals surface area (Å²) in [5.41, 5.74) is 0.430. The van der Waals surface area contributed by atoms with Crippen molar-refractivity contribution in [2.75, 3.05) is 0 Å². The van der Waals surface area contributed by atoms with Gasteiger partial charge in [0.15, 0.2) is 0 Å². The summed E-state index contributed by atoms with van der Waals surface area (Å²) in [5, 5.41) is 7.63. The maximum absolute atomic E-state index is 11.8. The molecular formula is C13H13N3O4S. The lowest BCUT2D eigenvalue weighted by Gasteiger charge is -2.06. The molecule has 21 heavy (non-hydrogen) atoms. The van der Waals surface area contributed by atoms with Crippen LogP contribution in [0.25, 0.3) is 0 Å². The maximum atomic E-state index is 11.8. The number of sulfonamides is 1. The SMILES string of the molecule is NS(=O)(=O)c1cccc(CNC(=O)c2cc[nH]c(=O)c2)c1. The second kappa shape index (κ2) is 5.90. The van der Waals surface area contributed by atoms with Gasteiger partial charge in [0.2, 0.25) is 15.6 Å². The standard InChI is InChI=1S/C13H13N3O4S/c14-21(19,20)11-3-1-2-9(6-11)8-16-13(18)10-4-5-15-12(17)7-10/h1-7H,8H2,(H,15,17)(H,16,18)(H2,14,19,20). The second-order valence-corrected chi connectivity index (χ2v) is 5.88. The minimum atomic E-state index is -3.78. The first-order valence-electron chi connectivity index (χ1n) is 5.95. The van der Waals surface area contributed by atoms with Crippen molar-refractivity contribution in [2.24, 2.45) is 5.14 Å². The van der Waals surface area contributed by atoms with Crippen molar-refractivity contribution in [2.45, 2.75) is 11.4 Å². The van der Waals surface area contributed by atoms with E-state index in [1.165, 1.54) is 36.5 Å². The molecule has 1 aromatic carbocycles. The number of aromatic nitrogens is 1. The number of H-pyrrole nitrogens is 1. The lowest BCUT2D eigenvalue weighted by atomic mass is 10.2. The van der Waals surface area contributed by atoms with E-state index in [1.54, 1.807) is 6.07 Å². The van der Waals surface area contributed by atoms with Crippen LogP contribution in [0.1, 0.15) is 15.9 Å². The average Bonchev–Trinajstić information content (AvgIpc) is 2.44. The van der Waals surface area contributed by atoms with E-state index in [2.05, 4.69) is 10.3 Å². The highest BCUT2D eigenvalue weighted by atomic mass is 32.2. The molecule has 2 rings (SSSR count). The van der Waals surface area contributed by atoms with E-state index < -0.39 is 15.9 Å². The Morgan fingerprint density at radius 3 is 2.67 bits per heavy atom. The van der Waals surface area contributed by atoms with Crippen molar-refractivity contribution in [1.82, 2.24) is 10.3 Å². The molecule has 0 aliphatic heterocycles. The molecule has 0 aliphatic carbocycles. The Kier molecular flexibility index (Phi) is 4.20. The summed E-state index contributed by atoms with van der Waals surface area (Å²) in [6.07, 6.45) is 1.37. The Morgan fingerprint density at radius 2 is 2.00 bits per heavy atom. The quantitative estimate of drug-likeness (QED) is 0.733. The summed E-state index contributed by atoms with van der Waals surface area (Å²) < 4.78 is 22.5. The summed E-state index contributed by atoms with van der Waals surface area (Å²) in [6.45, 7) is 0.120. The van der Waals surface area contributed by atoms with Gasteiger partial charge in [-0.05, 0) is 23.8 Å². The highest BCUT2D eigenvalue weighted by Gasteiger charge is 2.09. The molecule has 0 unspecified atom stereocenters. The third-order valence-electron chi connectivity index (χ3n) is 2.72. The number of benzene rings is 1. The zero-order chi connectivity index (χ0) is 15.5. The van der Waals surface area contributed by atoms with Gasteiger partial charge in [-0.3, -0.25) is 9.59 Å². The van der Waals surface area contributed by atoms with Gasteiger partial charge in [0.05, 0.1) is 4.90 Å². The number of rotatable bonds is 4. The van der Waals surface area contributed by atoms with E-state index in [-0.39, 0.29) is 22.6 Å². The normalized spacial score (nSPS) is 11.1. The van der Waals surface area contributed by atoms with Crippen molar-refractivity contribution in [3.8, 4) is 0 Å². The lowest BCUT2D eigenvalue weighted by Crippen LogP contribution is -2.24. The van der Waals surface area contributed by atoms with Gasteiger partial charge in [-0.25, -0.2) is 13.6 Å². The van der Waals surface area contributed by atoms with Crippen LogP contribution in [0.2, 0.25) is 0 Å². The molecule has 0 radical (unpaired) electrons. The second-order valence-electron chi connectivity index (χ2n) is 4.32. The predicted molar refractivity (Wildman–Crippen MR) is 76.0 cm³/mol. The van der Waals surface area contributed by atoms with E-state index >= 15 is 0 Å². The minimum Gasteiger partial charge on any atom is -0.348 e. The van der Waals surface area contributed by atoms with Gasteiger partial charge < -0.3 is 10.3 Å². The number of primary sulfonamides is 1. The van der Waals surface area contributed by atoms with Crippen molar-refractivity contribution in [3.05, 3.63) is 64.1 Å². The first-order valence-corrected chi connectivity index (χ1v) is 7.49. The fourth-order valence-corrected chi connectivity index (χ4v) is 2.29. The molecule has 2 aromatic rings. The van der Waals surface area contributed by atoms with Crippen LogP contribution in [0.3, 0.4) is 0 Å². The molecule has 0 spiro atoms. The number of carbonyl (C=O) groups is 1. The molecular weight excluding hydrogens is 294 g/mol. The monoisotopic (exact) mass is 307 g/mol. The molecule has 1 amide bonds. The van der Waals surface area contributed by atoms with Gasteiger partial charge in [0, 0.05) is 24.4 Å². The van der Waals surface area contributed by atoms with Crippen molar-refractivity contribution in [1.29, 1.82) is 0 Å². The van der Waals surface area contributed by atoms with E-state index in [0.717, 1.165) is 0 Å². The number of hydrogen-bond acceptors (Lipinski definition) is 4. The van der Waals surface area contributed by atoms with Crippen molar-refractivity contribution < 1.29 is 13.2 Å². The Bertz CT molecular complexity index is 827. The van der Waals surface area contributed by atoms with E-state index in [0.29, 0.717) is 5.56 Å². The minimum absolute atomic E-state index is 0.0228. The van der Waals surface area contributed by atoms with E-state index in [1.807, 2.05) is 0 Å². The van der Waals surface area contributed by atoms with E-state index in [4.69, 9.17) is 5.14 Å². The third-order valence-corrected chi connectivity index (χ3v) is 3.63. The zero-order valence-electron chi connectivity index (χ0n) is 10.9. The summed E-state index contributed by atoms with van der Waals surface area (Å²) in [5.74, 6) is -0.429. The van der Waals surface area contributed by atoms with Crippen molar-refractivity contribution in [3.63, 3.8) is 0 Å². The van der Waals surface area contributed by atoms with Crippen LogP contribution in [-0.4, -0.2) is 19.3 Å². The molecule has 1 heterocycles. The summed E-state index contributed by atoms with van der Waals surface area (Å²) in [6, 6.07) is 8.60. The van der Waals surface area contributed by atoms with Gasteiger partial charge in [-0.1, -0.05) is 12.1 Å². The van der Waals surface area contributed by atoms with Crippen LogP contribution < -0.4 is 16.0 Å². The van der Waals surface area contributed by atoms with Crippen LogP contribution in [-0.2, 0) is 16.6 Å². The molecule has 4 N–H and O–H groups in total. The molecule has 8 heteroatoms. The van der Waals surface area contributed by atoms with Gasteiger partial charge in [0.1, 0.15) is 0 Å². The molecule has 1 aromatic heterocycles. The van der Waals surface area contributed by atoms with Crippen LogP contribution in [0.15, 0.2) is 52.3 Å². The molecule has 0 atom stereocenters. The zero-order valence-corrected chi connectivity index (χ0v) is 11.7. The van der Waals surface area contributed by atoms with Crippen molar-refractivity contribution >= 4 is 15.9 Å². The van der Waals surface area contributed by atoms with Crippen LogP contribution >= 0.6 is 0 Å². The predicted octanol–water partition coefficient (Wildman–Crippen LogP) is -0.0477. The van der Waals surface area contributed by atoms with Gasteiger partial charge in [0.25, 0.3) is 5.91 Å². The number of nitrogens with two attached hydrogens (primary N) is 1. The third kappa shape index (κ3) is 4.01. The fourth-order valence-electron chi connectivity index (χ4n) is 1.70. The molecule has 0 fully saturated rings.